The van der Waals surface area contributed by atoms with Gasteiger partial charge in [0.2, 0.25) is 0 Å². The third-order valence-corrected chi connectivity index (χ3v) is 5.44. The Kier molecular flexibility index (Phi) is 6.87. The topological polar surface area (TPSA) is 72.4 Å². The normalized spacial score (nSPS) is 23.4. The van der Waals surface area contributed by atoms with Crippen LogP contribution in [0.2, 0.25) is 0 Å². The Morgan fingerprint density at radius 3 is 2.18 bits per heavy atom. The molecule has 0 bridgehead atoms. The van der Waals surface area contributed by atoms with Crippen molar-refractivity contribution < 1.29 is 18.8 Å². The molecule has 2 fully saturated rings. The molecule has 28 heavy (non-hydrogen) atoms. The van der Waals surface area contributed by atoms with E-state index in [0.29, 0.717) is 13.1 Å². The highest BCUT2D eigenvalue weighted by molar-refractivity contribution is 6.60. The third kappa shape index (κ3) is 5.73. The molecule has 2 aliphatic heterocycles. The largest absolute Gasteiger partial charge is 0.497 e. The van der Waals surface area contributed by atoms with E-state index in [2.05, 4.69) is 10.3 Å². The monoisotopic (exact) mass is 393 g/mol. The summed E-state index contributed by atoms with van der Waals surface area (Å²) in [5.74, 6) is 0. The highest BCUT2D eigenvalue weighted by atomic mass is 16.7. The number of aliphatic imine (C=N–C) groups is 1. The molecule has 2 aliphatic rings. The van der Waals surface area contributed by atoms with E-state index >= 15 is 0 Å². The molecule has 2 rings (SSSR count). The Labute approximate surface area is 170 Å². The van der Waals surface area contributed by atoms with E-state index in [1.807, 2.05) is 54.7 Å². The fourth-order valence-electron chi connectivity index (χ4n) is 3.06. The first-order valence-electron chi connectivity index (χ1n) is 10.1. The molecule has 0 radical (unpaired) electrons. The minimum atomic E-state index is -0.466. The van der Waals surface area contributed by atoms with E-state index < -0.39 is 23.9 Å². The van der Waals surface area contributed by atoms with Crippen molar-refractivity contribution in [1.82, 2.24) is 10.2 Å². The van der Waals surface area contributed by atoms with E-state index in [9.17, 15) is 4.79 Å². The fraction of sp³-hybridized carbons (Fsp3) is 0.800. The van der Waals surface area contributed by atoms with Gasteiger partial charge in [-0.25, -0.2) is 4.79 Å². The quantitative estimate of drug-likeness (QED) is 0.587. The summed E-state index contributed by atoms with van der Waals surface area (Å²) in [6.07, 6.45) is 5.18. The zero-order valence-corrected chi connectivity index (χ0v) is 18.7. The van der Waals surface area contributed by atoms with Gasteiger partial charge in [0.25, 0.3) is 0 Å². The van der Waals surface area contributed by atoms with E-state index in [1.54, 1.807) is 18.2 Å². The van der Waals surface area contributed by atoms with Gasteiger partial charge in [-0.15, -0.1) is 0 Å². The average Bonchev–Trinajstić information content (AvgIpc) is 2.78. The molecule has 0 aliphatic carbocycles. The van der Waals surface area contributed by atoms with Gasteiger partial charge in [0.05, 0.1) is 11.2 Å². The number of piperidine rings is 1. The highest BCUT2D eigenvalue weighted by Crippen LogP contribution is 2.38. The maximum Gasteiger partial charge on any atom is 0.497 e. The van der Waals surface area contributed by atoms with Crippen LogP contribution in [0, 0.1) is 0 Å². The van der Waals surface area contributed by atoms with E-state index in [4.69, 9.17) is 14.0 Å². The van der Waals surface area contributed by atoms with Gasteiger partial charge in [-0.2, -0.15) is 0 Å². The molecular formula is C20H36BN3O4. The molecule has 8 heteroatoms. The predicted octanol–water partition coefficient (Wildman–Crippen LogP) is 3.19. The van der Waals surface area contributed by atoms with Crippen LogP contribution in [0.4, 0.5) is 4.79 Å². The summed E-state index contributed by atoms with van der Waals surface area (Å²) in [5.41, 5.74) is -0.393. The summed E-state index contributed by atoms with van der Waals surface area (Å²) >= 11 is 0. The second-order valence-electron chi connectivity index (χ2n) is 9.53. The molecule has 0 saturated carbocycles. The van der Waals surface area contributed by atoms with Crippen molar-refractivity contribution in [2.24, 2.45) is 4.99 Å². The zero-order chi connectivity index (χ0) is 21.2. The Morgan fingerprint density at radius 1 is 1.18 bits per heavy atom. The molecule has 0 aromatic rings. The van der Waals surface area contributed by atoms with Crippen molar-refractivity contribution in [1.29, 1.82) is 0 Å². The molecule has 0 atom stereocenters. The summed E-state index contributed by atoms with van der Waals surface area (Å²) in [5, 5.41) is 3.45. The first-order chi connectivity index (χ1) is 12.8. The Balaban J connectivity index is 1.92. The summed E-state index contributed by atoms with van der Waals surface area (Å²) in [7, 11) is 1.28. The first kappa shape index (κ1) is 22.8. The third-order valence-electron chi connectivity index (χ3n) is 5.44. The van der Waals surface area contributed by atoms with E-state index in [0.717, 1.165) is 18.3 Å². The van der Waals surface area contributed by atoms with Gasteiger partial charge < -0.3 is 24.3 Å². The van der Waals surface area contributed by atoms with Crippen molar-refractivity contribution in [3.05, 3.63) is 11.7 Å². The van der Waals surface area contributed by atoms with Crippen molar-refractivity contribution in [3.8, 4) is 0 Å². The molecule has 2 heterocycles. The number of carbonyl (C=O) groups is 1. The summed E-state index contributed by atoms with van der Waals surface area (Å²) < 4.78 is 17.7. The lowest BCUT2D eigenvalue weighted by molar-refractivity contribution is 0.00578. The maximum atomic E-state index is 12.2. The second kappa shape index (κ2) is 8.45. The lowest BCUT2D eigenvalue weighted by Gasteiger charge is -2.33. The van der Waals surface area contributed by atoms with Gasteiger partial charge in [0.15, 0.2) is 0 Å². The number of ether oxygens (including phenoxy) is 1. The predicted molar refractivity (Wildman–Crippen MR) is 113 cm³/mol. The molecule has 7 nitrogen and oxygen atoms in total. The van der Waals surface area contributed by atoms with Gasteiger partial charge in [-0.3, -0.25) is 4.99 Å². The number of amides is 1. The Bertz CT molecular complexity index is 601. The van der Waals surface area contributed by atoms with Crippen molar-refractivity contribution in [2.45, 2.75) is 84.2 Å². The van der Waals surface area contributed by atoms with Crippen LogP contribution in [0.5, 0.6) is 0 Å². The van der Waals surface area contributed by atoms with Gasteiger partial charge in [-0.05, 0) is 67.5 Å². The van der Waals surface area contributed by atoms with Crippen LogP contribution in [0.3, 0.4) is 0 Å². The minimum Gasteiger partial charge on any atom is -0.444 e. The van der Waals surface area contributed by atoms with E-state index in [-0.39, 0.29) is 12.1 Å². The number of allylic oxidation sites excluding steroid dienone is 1. The van der Waals surface area contributed by atoms with Gasteiger partial charge in [0, 0.05) is 37.9 Å². The minimum absolute atomic E-state index is 0.238. The SMILES string of the molecule is CN=C/C(=C\NC1CCN(C(=O)OC(C)(C)C)CC1)B1OC(C)(C)C(C)(C)O1. The summed E-state index contributed by atoms with van der Waals surface area (Å²) in [6, 6.07) is 0.279. The van der Waals surface area contributed by atoms with Gasteiger partial charge in [0.1, 0.15) is 5.60 Å². The number of nitrogens with zero attached hydrogens (tertiary/aromatic N) is 2. The number of likely N-dealkylation sites (tertiary alicyclic amines) is 1. The number of hydrogen-bond donors (Lipinski definition) is 1. The molecular weight excluding hydrogens is 357 g/mol. The zero-order valence-electron chi connectivity index (χ0n) is 18.7. The molecule has 0 spiro atoms. The second-order valence-corrected chi connectivity index (χ2v) is 9.53. The fourth-order valence-corrected chi connectivity index (χ4v) is 3.06. The molecule has 1 N–H and O–H groups in total. The van der Waals surface area contributed by atoms with Crippen LogP contribution in [0.1, 0.15) is 61.3 Å². The number of nitrogens with one attached hydrogen (secondary N) is 1. The van der Waals surface area contributed by atoms with Crippen molar-refractivity contribution in [2.75, 3.05) is 20.1 Å². The average molecular weight is 393 g/mol. The number of hydrogen-bond acceptors (Lipinski definition) is 6. The molecule has 0 unspecified atom stereocenters. The number of carbonyl (C=O) groups excluding carboxylic acids is 1. The smallest absolute Gasteiger partial charge is 0.444 e. The molecule has 0 aromatic carbocycles. The molecule has 158 valence electrons. The van der Waals surface area contributed by atoms with Crippen LogP contribution >= 0.6 is 0 Å². The summed E-state index contributed by atoms with van der Waals surface area (Å²) in [4.78, 5) is 18.1. The van der Waals surface area contributed by atoms with Crippen molar-refractivity contribution in [3.63, 3.8) is 0 Å². The maximum absolute atomic E-state index is 12.2. The first-order valence-corrected chi connectivity index (χ1v) is 10.1. The number of rotatable bonds is 4. The molecule has 2 saturated heterocycles. The van der Waals surface area contributed by atoms with Crippen LogP contribution in [-0.4, -0.2) is 67.3 Å². The van der Waals surface area contributed by atoms with Crippen molar-refractivity contribution >= 4 is 19.4 Å². The Hall–Kier alpha value is -1.54. The Morgan fingerprint density at radius 2 is 1.71 bits per heavy atom. The van der Waals surface area contributed by atoms with Crippen LogP contribution in [-0.2, 0) is 14.0 Å². The molecule has 0 aromatic heterocycles. The highest BCUT2D eigenvalue weighted by Gasteiger charge is 2.52. The van der Waals surface area contributed by atoms with Gasteiger partial charge in [-0.1, -0.05) is 0 Å². The van der Waals surface area contributed by atoms with Crippen LogP contribution in [0.15, 0.2) is 16.7 Å². The van der Waals surface area contributed by atoms with Crippen LogP contribution < -0.4 is 5.32 Å². The van der Waals surface area contributed by atoms with E-state index in [1.165, 1.54) is 0 Å². The molecule has 1 amide bonds. The van der Waals surface area contributed by atoms with Crippen LogP contribution in [0.25, 0.3) is 0 Å². The lowest BCUT2D eigenvalue weighted by Crippen LogP contribution is -2.45. The standard InChI is InChI=1S/C20H36BN3O4/c1-18(2,3)26-17(25)24-11-9-16(10-12-24)23-14-15(13-22-8)21-27-19(4,5)20(6,7)28-21/h13-14,16,23H,9-12H2,1-8H3/b15-14+,22-13?. The lowest BCUT2D eigenvalue weighted by atomic mass is 9.79. The summed E-state index contributed by atoms with van der Waals surface area (Å²) in [6.45, 7) is 15.1. The van der Waals surface area contributed by atoms with Gasteiger partial charge >= 0.3 is 13.2 Å².